The third-order valence-corrected chi connectivity index (χ3v) is 3.69. The van der Waals surface area contributed by atoms with E-state index < -0.39 is 0 Å². The molecule has 0 aliphatic carbocycles. The molecule has 0 unspecified atom stereocenters. The maximum Gasteiger partial charge on any atom is 0.121 e. The molecule has 0 saturated carbocycles. The van der Waals surface area contributed by atoms with Gasteiger partial charge in [-0.25, -0.2) is 4.98 Å². The molecular weight excluding hydrogens is 262 g/mol. The van der Waals surface area contributed by atoms with E-state index in [0.29, 0.717) is 0 Å². The normalized spacial score (nSPS) is 11.0. The number of aryl methyl sites for hydroxylation is 1. The lowest BCUT2D eigenvalue weighted by atomic mass is 10.1. The number of rotatable bonds is 4. The molecule has 0 bridgehead atoms. The molecule has 1 aromatic heterocycles. The van der Waals surface area contributed by atoms with E-state index in [4.69, 9.17) is 15.5 Å². The van der Waals surface area contributed by atoms with Crippen molar-refractivity contribution in [2.75, 3.05) is 12.8 Å². The molecular formula is C17H19N3O. The van der Waals surface area contributed by atoms with Crippen LogP contribution in [0.2, 0.25) is 0 Å². The molecule has 0 radical (unpaired) electrons. The summed E-state index contributed by atoms with van der Waals surface area (Å²) in [6, 6.07) is 14.0. The summed E-state index contributed by atoms with van der Waals surface area (Å²) < 4.78 is 7.51. The maximum absolute atomic E-state index is 5.73. The van der Waals surface area contributed by atoms with E-state index in [-0.39, 0.29) is 0 Å². The van der Waals surface area contributed by atoms with Crippen LogP contribution in [-0.4, -0.2) is 16.7 Å². The van der Waals surface area contributed by atoms with Crippen molar-refractivity contribution < 1.29 is 4.74 Å². The summed E-state index contributed by atoms with van der Waals surface area (Å²) in [4.78, 5) is 4.76. The van der Waals surface area contributed by atoms with Crippen LogP contribution >= 0.6 is 0 Å². The van der Waals surface area contributed by atoms with Crippen LogP contribution in [0.3, 0.4) is 0 Å². The van der Waals surface area contributed by atoms with Crippen molar-refractivity contribution in [1.82, 2.24) is 9.55 Å². The number of hydrogen-bond acceptors (Lipinski definition) is 3. The molecule has 0 amide bonds. The van der Waals surface area contributed by atoms with Gasteiger partial charge in [0.15, 0.2) is 0 Å². The Morgan fingerprint density at radius 3 is 2.57 bits per heavy atom. The summed E-state index contributed by atoms with van der Waals surface area (Å²) in [5.74, 6) is 1.90. The number of nitrogen functional groups attached to an aromatic ring is 1. The lowest BCUT2D eigenvalue weighted by Crippen LogP contribution is -2.02. The smallest absolute Gasteiger partial charge is 0.121 e. The van der Waals surface area contributed by atoms with Crippen LogP contribution in [0.5, 0.6) is 5.75 Å². The average molecular weight is 281 g/mol. The molecule has 0 aliphatic heterocycles. The number of aromatic nitrogens is 2. The molecule has 2 aromatic carbocycles. The Labute approximate surface area is 124 Å². The highest BCUT2D eigenvalue weighted by Gasteiger charge is 2.11. The molecule has 3 aromatic rings. The van der Waals surface area contributed by atoms with Crippen molar-refractivity contribution in [2.24, 2.45) is 0 Å². The zero-order chi connectivity index (χ0) is 14.8. The summed E-state index contributed by atoms with van der Waals surface area (Å²) >= 11 is 0. The fourth-order valence-electron chi connectivity index (χ4n) is 2.59. The van der Waals surface area contributed by atoms with Gasteiger partial charge >= 0.3 is 0 Å². The number of nitrogens with zero attached hydrogens (tertiary/aromatic N) is 2. The van der Waals surface area contributed by atoms with Crippen LogP contribution in [0.25, 0.3) is 11.0 Å². The first-order valence-corrected chi connectivity index (χ1v) is 7.09. The van der Waals surface area contributed by atoms with Crippen molar-refractivity contribution in [2.45, 2.75) is 19.9 Å². The lowest BCUT2D eigenvalue weighted by molar-refractivity contribution is 0.415. The first-order valence-electron chi connectivity index (χ1n) is 7.09. The van der Waals surface area contributed by atoms with Crippen LogP contribution in [0.1, 0.15) is 18.3 Å². The largest absolute Gasteiger partial charge is 0.497 e. The van der Waals surface area contributed by atoms with Gasteiger partial charge in [-0.15, -0.1) is 0 Å². The standard InChI is InChI=1S/C17H19N3O/c1-3-20-16-9-8-14(21-2)11-15(16)19-17(20)10-12-4-6-13(18)7-5-12/h4-9,11H,3,10,18H2,1-2H3. The predicted molar refractivity (Wildman–Crippen MR) is 85.6 cm³/mol. The van der Waals surface area contributed by atoms with Crippen molar-refractivity contribution in [1.29, 1.82) is 0 Å². The molecule has 3 rings (SSSR count). The Bertz CT molecular complexity index is 760. The van der Waals surface area contributed by atoms with E-state index in [0.717, 1.165) is 41.3 Å². The highest BCUT2D eigenvalue weighted by atomic mass is 16.5. The van der Waals surface area contributed by atoms with E-state index in [9.17, 15) is 0 Å². The minimum atomic E-state index is 0.785. The number of anilines is 1. The second-order valence-electron chi connectivity index (χ2n) is 5.05. The maximum atomic E-state index is 5.73. The van der Waals surface area contributed by atoms with Crippen molar-refractivity contribution >= 4 is 16.7 Å². The molecule has 4 nitrogen and oxygen atoms in total. The molecule has 4 heteroatoms. The Kier molecular flexibility index (Phi) is 3.52. The number of hydrogen-bond donors (Lipinski definition) is 1. The fraction of sp³-hybridized carbons (Fsp3) is 0.235. The van der Waals surface area contributed by atoms with Crippen molar-refractivity contribution in [3.05, 3.63) is 53.9 Å². The van der Waals surface area contributed by atoms with E-state index >= 15 is 0 Å². The van der Waals surface area contributed by atoms with Gasteiger partial charge in [-0.2, -0.15) is 0 Å². The lowest BCUT2D eigenvalue weighted by Gasteiger charge is -2.06. The number of fused-ring (bicyclic) bond motifs is 1. The van der Waals surface area contributed by atoms with Gasteiger partial charge in [-0.3, -0.25) is 0 Å². The number of ether oxygens (including phenoxy) is 1. The SMILES string of the molecule is CCn1c(Cc2ccc(N)cc2)nc2cc(OC)ccc21. The van der Waals surface area contributed by atoms with E-state index in [1.165, 1.54) is 5.56 Å². The predicted octanol–water partition coefficient (Wildman–Crippen LogP) is 3.24. The Hall–Kier alpha value is -2.49. The van der Waals surface area contributed by atoms with Crippen LogP contribution < -0.4 is 10.5 Å². The van der Waals surface area contributed by atoms with Crippen molar-refractivity contribution in [3.8, 4) is 5.75 Å². The highest BCUT2D eigenvalue weighted by molar-refractivity contribution is 5.78. The third-order valence-electron chi connectivity index (χ3n) is 3.69. The molecule has 0 spiro atoms. The number of imidazole rings is 1. The van der Waals surface area contributed by atoms with Gasteiger partial charge in [0.2, 0.25) is 0 Å². The van der Waals surface area contributed by atoms with Gasteiger partial charge in [-0.05, 0) is 36.8 Å². The topological polar surface area (TPSA) is 53.1 Å². The van der Waals surface area contributed by atoms with Crippen LogP contribution in [0, 0.1) is 0 Å². The van der Waals surface area contributed by atoms with Gasteiger partial charge in [0.05, 0.1) is 18.1 Å². The quantitative estimate of drug-likeness (QED) is 0.747. The summed E-state index contributed by atoms with van der Waals surface area (Å²) in [6.07, 6.45) is 0.797. The number of nitrogens with two attached hydrogens (primary N) is 1. The summed E-state index contributed by atoms with van der Waals surface area (Å²) in [6.45, 7) is 3.03. The van der Waals surface area contributed by atoms with Crippen LogP contribution in [-0.2, 0) is 13.0 Å². The monoisotopic (exact) mass is 281 g/mol. The van der Waals surface area contributed by atoms with E-state index in [2.05, 4.69) is 29.7 Å². The van der Waals surface area contributed by atoms with Gasteiger partial charge in [0, 0.05) is 24.7 Å². The van der Waals surface area contributed by atoms with E-state index in [1.807, 2.05) is 24.3 Å². The molecule has 0 aliphatic rings. The zero-order valence-electron chi connectivity index (χ0n) is 12.3. The molecule has 1 heterocycles. The van der Waals surface area contributed by atoms with Crippen LogP contribution in [0.15, 0.2) is 42.5 Å². The summed E-state index contributed by atoms with van der Waals surface area (Å²) in [5, 5.41) is 0. The fourth-order valence-corrected chi connectivity index (χ4v) is 2.59. The number of methoxy groups -OCH3 is 1. The van der Waals surface area contributed by atoms with Gasteiger partial charge < -0.3 is 15.0 Å². The summed E-state index contributed by atoms with van der Waals surface area (Å²) in [7, 11) is 1.67. The second-order valence-corrected chi connectivity index (χ2v) is 5.05. The van der Waals surface area contributed by atoms with E-state index in [1.54, 1.807) is 7.11 Å². The molecule has 0 fully saturated rings. The molecule has 0 saturated heterocycles. The van der Waals surface area contributed by atoms with Crippen molar-refractivity contribution in [3.63, 3.8) is 0 Å². The van der Waals surface area contributed by atoms with Gasteiger partial charge in [0.1, 0.15) is 11.6 Å². The minimum Gasteiger partial charge on any atom is -0.497 e. The Morgan fingerprint density at radius 1 is 1.14 bits per heavy atom. The average Bonchev–Trinajstić information content (AvgIpc) is 2.85. The first kappa shape index (κ1) is 13.5. The van der Waals surface area contributed by atoms with Crippen LogP contribution in [0.4, 0.5) is 5.69 Å². The third kappa shape index (κ3) is 2.57. The molecule has 0 atom stereocenters. The molecule has 2 N–H and O–H groups in total. The minimum absolute atomic E-state index is 0.785. The molecule has 21 heavy (non-hydrogen) atoms. The summed E-state index contributed by atoms with van der Waals surface area (Å²) in [5.41, 5.74) is 9.84. The number of benzene rings is 2. The zero-order valence-corrected chi connectivity index (χ0v) is 12.3. The van der Waals surface area contributed by atoms with Gasteiger partial charge in [-0.1, -0.05) is 12.1 Å². The molecule has 108 valence electrons. The first-order chi connectivity index (χ1) is 10.2. The Balaban J connectivity index is 2.02. The second kappa shape index (κ2) is 5.48. The Morgan fingerprint density at radius 2 is 1.90 bits per heavy atom. The highest BCUT2D eigenvalue weighted by Crippen LogP contribution is 2.23. The van der Waals surface area contributed by atoms with Gasteiger partial charge in [0.25, 0.3) is 0 Å².